The van der Waals surface area contributed by atoms with Crippen molar-refractivity contribution in [3.63, 3.8) is 0 Å². The van der Waals surface area contributed by atoms with Crippen LogP contribution in [0.5, 0.6) is 0 Å². The van der Waals surface area contributed by atoms with E-state index in [0.717, 1.165) is 15.6 Å². The number of nitrogens with zero attached hydrogens (tertiary/aromatic N) is 4. The summed E-state index contributed by atoms with van der Waals surface area (Å²) in [5, 5.41) is 29.7. The van der Waals surface area contributed by atoms with Crippen LogP contribution in [0.25, 0.3) is 0 Å². The molecule has 1 aliphatic heterocycles. The molecule has 1 aromatic carbocycles. The highest BCUT2D eigenvalue weighted by Crippen LogP contribution is 2.53. The predicted octanol–water partition coefficient (Wildman–Crippen LogP) is 3.58. The highest BCUT2D eigenvalue weighted by molar-refractivity contribution is 9.10. The second-order valence-electron chi connectivity index (χ2n) is 7.26. The van der Waals surface area contributed by atoms with E-state index in [1.54, 1.807) is 0 Å². The van der Waals surface area contributed by atoms with Crippen LogP contribution < -0.4 is 5.73 Å². The highest BCUT2D eigenvalue weighted by Gasteiger charge is 2.52. The van der Waals surface area contributed by atoms with Crippen molar-refractivity contribution in [2.24, 2.45) is 17.1 Å². The first-order chi connectivity index (χ1) is 12.9. The van der Waals surface area contributed by atoms with E-state index in [4.69, 9.17) is 5.73 Å². The zero-order valence-corrected chi connectivity index (χ0v) is 16.9. The van der Waals surface area contributed by atoms with Crippen LogP contribution in [0.3, 0.4) is 0 Å². The largest absolute Gasteiger partial charge is 0.399 e. The van der Waals surface area contributed by atoms with E-state index in [-0.39, 0.29) is 17.5 Å². The van der Waals surface area contributed by atoms with Crippen LogP contribution in [0.15, 0.2) is 51.7 Å². The molecule has 6 heteroatoms. The van der Waals surface area contributed by atoms with E-state index in [1.807, 2.05) is 30.3 Å². The molecule has 2 atom stereocenters. The molecule has 0 aromatic heterocycles. The quantitative estimate of drug-likeness (QED) is 0.735. The van der Waals surface area contributed by atoms with Gasteiger partial charge in [0.05, 0.1) is 29.5 Å². The molecule has 2 aliphatic rings. The van der Waals surface area contributed by atoms with Gasteiger partial charge in [0.25, 0.3) is 0 Å². The molecule has 0 spiro atoms. The number of allylic oxidation sites excluding steroid dienone is 2. The molecule has 136 valence electrons. The first-order valence-corrected chi connectivity index (χ1v) is 9.61. The van der Waals surface area contributed by atoms with Crippen molar-refractivity contribution in [2.75, 3.05) is 13.1 Å². The number of fused-ring (bicyclic) bond motifs is 1. The summed E-state index contributed by atoms with van der Waals surface area (Å²) in [6.45, 7) is 5.57. The standard InChI is InChI=1S/C21H20BrN5/c1-13(2)27-7-6-18-17(10-27)19(14-4-3-5-15(22)8-14)16(9-23)20(26)21(18,11-24)12-25/h3-6,8,13,17,19H,7,10,26H2,1-2H3/t17-,19-/m0/s1. The molecular weight excluding hydrogens is 402 g/mol. The highest BCUT2D eigenvalue weighted by atomic mass is 79.9. The van der Waals surface area contributed by atoms with Gasteiger partial charge in [-0.2, -0.15) is 15.8 Å². The SMILES string of the molecule is CC(C)N1CC=C2[C@H](C1)[C@@H](c1cccc(Br)c1)C(C#N)=C(N)C2(C#N)C#N. The van der Waals surface area contributed by atoms with Crippen LogP contribution in [0.2, 0.25) is 0 Å². The lowest BCUT2D eigenvalue weighted by atomic mass is 9.60. The van der Waals surface area contributed by atoms with Crippen molar-refractivity contribution < 1.29 is 0 Å². The van der Waals surface area contributed by atoms with Crippen molar-refractivity contribution in [1.82, 2.24) is 4.90 Å². The molecule has 1 heterocycles. The molecule has 0 radical (unpaired) electrons. The van der Waals surface area contributed by atoms with Gasteiger partial charge in [0, 0.05) is 35.4 Å². The van der Waals surface area contributed by atoms with Gasteiger partial charge in [-0.05, 0) is 37.1 Å². The molecule has 2 N–H and O–H groups in total. The lowest BCUT2D eigenvalue weighted by Gasteiger charge is -2.46. The molecule has 0 saturated carbocycles. The van der Waals surface area contributed by atoms with Crippen LogP contribution in [0, 0.1) is 45.3 Å². The van der Waals surface area contributed by atoms with Gasteiger partial charge in [-0.3, -0.25) is 4.90 Å². The first-order valence-electron chi connectivity index (χ1n) is 8.82. The summed E-state index contributed by atoms with van der Waals surface area (Å²) in [5.74, 6) is -0.438. The number of hydrogen-bond donors (Lipinski definition) is 1. The lowest BCUT2D eigenvalue weighted by Crippen LogP contribution is -2.48. The average molecular weight is 422 g/mol. The zero-order valence-electron chi connectivity index (χ0n) is 15.3. The van der Waals surface area contributed by atoms with Crippen LogP contribution >= 0.6 is 15.9 Å². The van der Waals surface area contributed by atoms with E-state index >= 15 is 0 Å². The maximum absolute atomic E-state index is 9.90. The fourth-order valence-electron chi connectivity index (χ4n) is 4.16. The van der Waals surface area contributed by atoms with Gasteiger partial charge in [0.2, 0.25) is 5.41 Å². The Morgan fingerprint density at radius 3 is 2.52 bits per heavy atom. The minimum atomic E-state index is -1.57. The average Bonchev–Trinajstić information content (AvgIpc) is 2.67. The summed E-state index contributed by atoms with van der Waals surface area (Å²) >= 11 is 3.50. The summed E-state index contributed by atoms with van der Waals surface area (Å²) in [4.78, 5) is 2.29. The number of hydrogen-bond acceptors (Lipinski definition) is 5. The first kappa shape index (κ1) is 19.2. The van der Waals surface area contributed by atoms with Gasteiger partial charge in [0.15, 0.2) is 0 Å². The molecule has 1 aliphatic carbocycles. The normalized spacial score (nSPS) is 24.4. The fraction of sp³-hybridized carbons (Fsp3) is 0.381. The molecule has 0 unspecified atom stereocenters. The van der Waals surface area contributed by atoms with E-state index in [2.05, 4.69) is 52.9 Å². The number of nitrogens with two attached hydrogens (primary N) is 1. The number of benzene rings is 1. The zero-order chi connectivity index (χ0) is 19.8. The van der Waals surface area contributed by atoms with Crippen LogP contribution in [-0.2, 0) is 0 Å². The summed E-state index contributed by atoms with van der Waals surface area (Å²) in [6, 6.07) is 14.6. The number of rotatable bonds is 2. The van der Waals surface area contributed by atoms with Crippen molar-refractivity contribution in [3.05, 3.63) is 57.2 Å². The molecule has 1 aromatic rings. The number of nitriles is 3. The molecule has 3 rings (SSSR count). The van der Waals surface area contributed by atoms with Gasteiger partial charge in [0.1, 0.15) is 0 Å². The summed E-state index contributed by atoms with van der Waals surface area (Å²) < 4.78 is 0.912. The Morgan fingerprint density at radius 1 is 1.26 bits per heavy atom. The van der Waals surface area contributed by atoms with Gasteiger partial charge in [-0.25, -0.2) is 0 Å². The van der Waals surface area contributed by atoms with Crippen molar-refractivity contribution in [2.45, 2.75) is 25.8 Å². The Morgan fingerprint density at radius 2 is 1.96 bits per heavy atom. The second-order valence-corrected chi connectivity index (χ2v) is 8.17. The third kappa shape index (κ3) is 2.94. The Kier molecular flexibility index (Phi) is 5.11. The maximum Gasteiger partial charge on any atom is 0.204 e. The predicted molar refractivity (Wildman–Crippen MR) is 106 cm³/mol. The van der Waals surface area contributed by atoms with Gasteiger partial charge in [-0.15, -0.1) is 0 Å². The minimum Gasteiger partial charge on any atom is -0.399 e. The van der Waals surface area contributed by atoms with Crippen LogP contribution in [0.1, 0.15) is 25.3 Å². The fourth-order valence-corrected chi connectivity index (χ4v) is 4.58. The summed E-state index contributed by atoms with van der Waals surface area (Å²) in [6.07, 6.45) is 1.96. The van der Waals surface area contributed by atoms with E-state index in [0.29, 0.717) is 24.7 Å². The topological polar surface area (TPSA) is 101 Å². The molecule has 0 bridgehead atoms. The van der Waals surface area contributed by atoms with Gasteiger partial charge in [-0.1, -0.05) is 34.1 Å². The minimum absolute atomic E-state index is 0.0699. The van der Waals surface area contributed by atoms with Crippen molar-refractivity contribution in [1.29, 1.82) is 15.8 Å². The van der Waals surface area contributed by atoms with Gasteiger partial charge < -0.3 is 5.73 Å². The monoisotopic (exact) mass is 421 g/mol. The summed E-state index contributed by atoms with van der Waals surface area (Å²) in [5.41, 5.74) is 6.81. The Balaban J connectivity index is 2.29. The molecule has 27 heavy (non-hydrogen) atoms. The third-order valence-electron chi connectivity index (χ3n) is 5.61. The van der Waals surface area contributed by atoms with E-state index in [9.17, 15) is 15.8 Å². The second kappa shape index (κ2) is 7.20. The van der Waals surface area contributed by atoms with E-state index in [1.165, 1.54) is 0 Å². The molecule has 0 saturated heterocycles. The summed E-state index contributed by atoms with van der Waals surface area (Å²) in [7, 11) is 0. The molecule has 0 amide bonds. The van der Waals surface area contributed by atoms with Crippen molar-refractivity contribution in [3.8, 4) is 18.2 Å². The number of halogens is 1. The Hall–Kier alpha value is -2.59. The van der Waals surface area contributed by atoms with Crippen molar-refractivity contribution >= 4 is 15.9 Å². The van der Waals surface area contributed by atoms with Crippen LogP contribution in [-0.4, -0.2) is 24.0 Å². The lowest BCUT2D eigenvalue weighted by molar-refractivity contribution is 0.186. The molecule has 0 fully saturated rings. The Labute approximate surface area is 168 Å². The smallest absolute Gasteiger partial charge is 0.204 e. The Bertz CT molecular complexity index is 940. The van der Waals surface area contributed by atoms with E-state index < -0.39 is 5.41 Å². The maximum atomic E-state index is 9.90. The molecular formula is C21H20BrN5. The van der Waals surface area contributed by atoms with Crippen LogP contribution in [0.4, 0.5) is 0 Å². The van der Waals surface area contributed by atoms with Gasteiger partial charge >= 0.3 is 0 Å². The molecule has 5 nitrogen and oxygen atoms in total. The third-order valence-corrected chi connectivity index (χ3v) is 6.10.